The molecule has 6 heteroatoms. The Morgan fingerprint density at radius 3 is 2.70 bits per heavy atom. The van der Waals surface area contributed by atoms with Crippen molar-refractivity contribution in [2.75, 3.05) is 11.1 Å². The molecule has 20 heavy (non-hydrogen) atoms. The third kappa shape index (κ3) is 2.79. The molecule has 1 aromatic carbocycles. The third-order valence-corrected chi connectivity index (χ3v) is 3.33. The summed E-state index contributed by atoms with van der Waals surface area (Å²) < 4.78 is 14.7. The molecule has 0 fully saturated rings. The van der Waals surface area contributed by atoms with Crippen LogP contribution in [-0.4, -0.2) is 15.7 Å². The quantitative estimate of drug-likeness (QED) is 0.844. The molecule has 1 aromatic heterocycles. The van der Waals surface area contributed by atoms with Gasteiger partial charge in [0.1, 0.15) is 12.4 Å². The molecule has 0 aliphatic heterocycles. The van der Waals surface area contributed by atoms with Gasteiger partial charge in [0.2, 0.25) is 5.91 Å². The van der Waals surface area contributed by atoms with Crippen LogP contribution in [0.15, 0.2) is 18.2 Å². The summed E-state index contributed by atoms with van der Waals surface area (Å²) in [6.45, 7) is 5.81. The zero-order valence-corrected chi connectivity index (χ0v) is 11.7. The lowest BCUT2D eigenvalue weighted by molar-refractivity contribution is -0.116. The van der Waals surface area contributed by atoms with Crippen LogP contribution in [0.3, 0.4) is 0 Å². The number of halogens is 1. The lowest BCUT2D eigenvalue weighted by Gasteiger charge is -2.09. The molecule has 0 radical (unpaired) electrons. The number of hydrogen-bond donors (Lipinski definition) is 2. The molecule has 0 spiro atoms. The van der Waals surface area contributed by atoms with E-state index in [0.29, 0.717) is 5.69 Å². The molecule has 1 amide bonds. The second-order valence-corrected chi connectivity index (χ2v) is 4.73. The number of nitrogen functional groups attached to an aromatic ring is 1. The highest BCUT2D eigenvalue weighted by Gasteiger charge is 2.12. The number of benzene rings is 1. The summed E-state index contributed by atoms with van der Waals surface area (Å²) in [4.78, 5) is 12.0. The van der Waals surface area contributed by atoms with Crippen LogP contribution >= 0.6 is 0 Å². The Hall–Kier alpha value is -2.37. The third-order valence-electron chi connectivity index (χ3n) is 3.33. The second-order valence-electron chi connectivity index (χ2n) is 4.73. The molecule has 5 nitrogen and oxygen atoms in total. The molecule has 0 aliphatic carbocycles. The van der Waals surface area contributed by atoms with E-state index in [1.807, 2.05) is 20.8 Å². The SMILES string of the molecule is Cc1nn(CC(=O)Nc2cc(F)ccc2N)c(C)c1C. The fourth-order valence-electron chi connectivity index (χ4n) is 1.90. The highest BCUT2D eigenvalue weighted by molar-refractivity contribution is 5.93. The first-order valence-electron chi connectivity index (χ1n) is 6.24. The number of anilines is 2. The zero-order chi connectivity index (χ0) is 14.9. The van der Waals surface area contributed by atoms with Gasteiger partial charge in [-0.1, -0.05) is 0 Å². The van der Waals surface area contributed by atoms with Crippen LogP contribution in [0.2, 0.25) is 0 Å². The van der Waals surface area contributed by atoms with Crippen LogP contribution in [0.25, 0.3) is 0 Å². The van der Waals surface area contributed by atoms with Crippen molar-refractivity contribution in [1.82, 2.24) is 9.78 Å². The Kier molecular flexibility index (Phi) is 3.74. The minimum absolute atomic E-state index is 0.0659. The van der Waals surface area contributed by atoms with Gasteiger partial charge in [0.15, 0.2) is 0 Å². The van der Waals surface area contributed by atoms with Crippen LogP contribution in [0.4, 0.5) is 15.8 Å². The van der Waals surface area contributed by atoms with Crippen molar-refractivity contribution in [2.45, 2.75) is 27.3 Å². The number of amides is 1. The van der Waals surface area contributed by atoms with Crippen LogP contribution < -0.4 is 11.1 Å². The van der Waals surface area contributed by atoms with Gasteiger partial charge in [-0.2, -0.15) is 5.10 Å². The number of aromatic nitrogens is 2. The number of rotatable bonds is 3. The summed E-state index contributed by atoms with van der Waals surface area (Å²) in [6, 6.07) is 3.85. The van der Waals surface area contributed by atoms with Gasteiger partial charge in [-0.05, 0) is 44.5 Å². The summed E-state index contributed by atoms with van der Waals surface area (Å²) in [6.07, 6.45) is 0. The minimum Gasteiger partial charge on any atom is -0.397 e. The van der Waals surface area contributed by atoms with E-state index in [1.165, 1.54) is 18.2 Å². The van der Waals surface area contributed by atoms with E-state index in [0.717, 1.165) is 17.0 Å². The van der Waals surface area contributed by atoms with Gasteiger partial charge in [-0.25, -0.2) is 4.39 Å². The maximum atomic E-state index is 13.1. The lowest BCUT2D eigenvalue weighted by atomic mass is 10.2. The van der Waals surface area contributed by atoms with E-state index in [9.17, 15) is 9.18 Å². The number of carbonyl (C=O) groups excluding carboxylic acids is 1. The van der Waals surface area contributed by atoms with Gasteiger partial charge >= 0.3 is 0 Å². The molecular formula is C14H17FN4O. The van der Waals surface area contributed by atoms with Gasteiger partial charge in [-0.15, -0.1) is 0 Å². The molecule has 0 aliphatic rings. The number of aryl methyl sites for hydroxylation is 1. The first kappa shape index (κ1) is 14.0. The predicted octanol–water partition coefficient (Wildman–Crippen LogP) is 2.17. The van der Waals surface area contributed by atoms with Gasteiger partial charge in [0.05, 0.1) is 17.1 Å². The molecule has 3 N–H and O–H groups in total. The monoisotopic (exact) mass is 276 g/mol. The standard InChI is InChI=1S/C14H17FN4O/c1-8-9(2)18-19(10(8)3)7-14(20)17-13-6-11(15)4-5-12(13)16/h4-6H,7,16H2,1-3H3,(H,17,20). The summed E-state index contributed by atoms with van der Waals surface area (Å²) in [7, 11) is 0. The molecule has 0 atom stereocenters. The molecular weight excluding hydrogens is 259 g/mol. The first-order chi connectivity index (χ1) is 9.38. The predicted molar refractivity (Wildman–Crippen MR) is 75.9 cm³/mol. The van der Waals surface area contributed by atoms with Gasteiger partial charge in [-0.3, -0.25) is 9.48 Å². The number of nitrogens with one attached hydrogen (secondary N) is 1. The summed E-state index contributed by atoms with van der Waals surface area (Å²) >= 11 is 0. The molecule has 2 rings (SSSR count). The summed E-state index contributed by atoms with van der Waals surface area (Å²) in [5, 5.41) is 6.87. The maximum Gasteiger partial charge on any atom is 0.246 e. The lowest BCUT2D eigenvalue weighted by Crippen LogP contribution is -2.21. The first-order valence-corrected chi connectivity index (χ1v) is 6.24. The normalized spacial score (nSPS) is 10.6. The molecule has 0 unspecified atom stereocenters. The summed E-state index contributed by atoms with van der Waals surface area (Å²) in [5.41, 5.74) is 9.16. The molecule has 106 valence electrons. The van der Waals surface area contributed by atoms with Crippen LogP contribution in [0.5, 0.6) is 0 Å². The van der Waals surface area contributed by atoms with Crippen molar-refractivity contribution < 1.29 is 9.18 Å². The Bertz CT molecular complexity index is 663. The zero-order valence-electron chi connectivity index (χ0n) is 11.7. The highest BCUT2D eigenvalue weighted by Crippen LogP contribution is 2.19. The van der Waals surface area contributed by atoms with Gasteiger partial charge < -0.3 is 11.1 Å². The Labute approximate surface area is 116 Å². The van der Waals surface area contributed by atoms with Crippen molar-refractivity contribution in [3.63, 3.8) is 0 Å². The van der Waals surface area contributed by atoms with E-state index >= 15 is 0 Å². The van der Waals surface area contributed by atoms with Crippen molar-refractivity contribution in [3.8, 4) is 0 Å². The van der Waals surface area contributed by atoms with E-state index in [2.05, 4.69) is 10.4 Å². The number of hydrogen-bond acceptors (Lipinski definition) is 3. The Morgan fingerprint density at radius 1 is 1.40 bits per heavy atom. The average molecular weight is 276 g/mol. The molecule has 1 heterocycles. The van der Waals surface area contributed by atoms with Gasteiger partial charge in [0, 0.05) is 5.69 Å². The van der Waals surface area contributed by atoms with Crippen molar-refractivity contribution in [1.29, 1.82) is 0 Å². The van der Waals surface area contributed by atoms with Crippen LogP contribution in [0.1, 0.15) is 17.0 Å². The molecule has 2 aromatic rings. The van der Waals surface area contributed by atoms with Crippen LogP contribution in [-0.2, 0) is 11.3 Å². The van der Waals surface area contributed by atoms with Crippen molar-refractivity contribution in [2.24, 2.45) is 0 Å². The molecule has 0 bridgehead atoms. The molecule has 0 saturated carbocycles. The molecule has 0 saturated heterocycles. The second kappa shape index (κ2) is 5.32. The number of carbonyl (C=O) groups is 1. The smallest absolute Gasteiger partial charge is 0.246 e. The minimum atomic E-state index is -0.448. The maximum absolute atomic E-state index is 13.1. The fourth-order valence-corrected chi connectivity index (χ4v) is 1.90. The van der Waals surface area contributed by atoms with E-state index < -0.39 is 5.82 Å². The van der Waals surface area contributed by atoms with Crippen molar-refractivity contribution in [3.05, 3.63) is 41.0 Å². The van der Waals surface area contributed by atoms with E-state index in [-0.39, 0.29) is 18.1 Å². The van der Waals surface area contributed by atoms with E-state index in [4.69, 9.17) is 5.73 Å². The largest absolute Gasteiger partial charge is 0.397 e. The Morgan fingerprint density at radius 2 is 2.10 bits per heavy atom. The Balaban J connectivity index is 2.13. The van der Waals surface area contributed by atoms with Gasteiger partial charge in [0.25, 0.3) is 0 Å². The summed E-state index contributed by atoms with van der Waals surface area (Å²) in [5.74, 6) is -0.746. The fraction of sp³-hybridized carbons (Fsp3) is 0.286. The van der Waals surface area contributed by atoms with Crippen LogP contribution in [0, 0.1) is 26.6 Å². The topological polar surface area (TPSA) is 72.9 Å². The van der Waals surface area contributed by atoms with E-state index in [1.54, 1.807) is 4.68 Å². The number of nitrogens with two attached hydrogens (primary N) is 1. The number of nitrogens with zero attached hydrogens (tertiary/aromatic N) is 2. The van der Waals surface area contributed by atoms with Crippen molar-refractivity contribution >= 4 is 17.3 Å². The highest BCUT2D eigenvalue weighted by atomic mass is 19.1. The average Bonchev–Trinajstić information content (AvgIpc) is 2.61.